The number of carbonyl (C=O) groups excluding carboxylic acids is 4. The van der Waals surface area contributed by atoms with Gasteiger partial charge in [0.25, 0.3) is 11.8 Å². The minimum Gasteiger partial charge on any atom is -0.507 e. The van der Waals surface area contributed by atoms with Gasteiger partial charge in [-0.05, 0) is 31.1 Å². The number of alkyl halides is 3. The highest BCUT2D eigenvalue weighted by Crippen LogP contribution is 2.66. The molecule has 0 bridgehead atoms. The summed E-state index contributed by atoms with van der Waals surface area (Å²) in [6.45, 7) is 2.00. The second kappa shape index (κ2) is 8.29. The summed E-state index contributed by atoms with van der Waals surface area (Å²) in [5, 5.41) is 12.8. The van der Waals surface area contributed by atoms with Crippen molar-refractivity contribution in [1.82, 2.24) is 9.80 Å². The fraction of sp³-hybridized carbons (Fsp3) is 0.407. The van der Waals surface area contributed by atoms with E-state index in [-0.39, 0.29) is 36.0 Å². The number of nitrogens with zero attached hydrogens (tertiary/aromatic N) is 2. The van der Waals surface area contributed by atoms with E-state index in [0.29, 0.717) is 22.9 Å². The topological polar surface area (TPSA) is 95.0 Å². The van der Waals surface area contributed by atoms with Crippen molar-refractivity contribution in [2.75, 3.05) is 12.0 Å². The van der Waals surface area contributed by atoms with Crippen LogP contribution in [-0.2, 0) is 19.2 Å². The van der Waals surface area contributed by atoms with Gasteiger partial charge in [-0.1, -0.05) is 64.0 Å². The van der Waals surface area contributed by atoms with Crippen molar-refractivity contribution >= 4 is 73.5 Å². The highest BCUT2D eigenvalue weighted by molar-refractivity contribution is 9.09. The van der Waals surface area contributed by atoms with Crippen LogP contribution in [0.15, 0.2) is 48.0 Å². The fourth-order valence-corrected chi connectivity index (χ4v) is 8.40. The van der Waals surface area contributed by atoms with Crippen molar-refractivity contribution in [2.45, 2.75) is 35.4 Å². The Balaban J connectivity index is 1.62. The zero-order valence-electron chi connectivity index (χ0n) is 19.8. The number of fused-ring (bicyclic) bond motifs is 5. The van der Waals surface area contributed by atoms with Crippen LogP contribution in [0.4, 0.5) is 0 Å². The summed E-state index contributed by atoms with van der Waals surface area (Å²) in [7, 11) is 0. The van der Waals surface area contributed by atoms with E-state index in [1.165, 1.54) is 4.90 Å². The van der Waals surface area contributed by atoms with E-state index in [2.05, 4.69) is 15.9 Å². The molecular weight excluding hydrogens is 583 g/mol. The minimum absolute atomic E-state index is 0.0626. The summed E-state index contributed by atoms with van der Waals surface area (Å²) in [5.74, 6) is -4.77. The van der Waals surface area contributed by atoms with Gasteiger partial charge in [0, 0.05) is 23.4 Å². The summed E-state index contributed by atoms with van der Waals surface area (Å²) in [5.41, 5.74) is 0.922. The third-order valence-corrected chi connectivity index (χ3v) is 10.6. The Labute approximate surface area is 231 Å². The number of carbonyl (C=O) groups is 4. The number of phenols is 1. The van der Waals surface area contributed by atoms with Crippen molar-refractivity contribution in [2.24, 2.45) is 17.8 Å². The number of phenolic OH excluding ortho intramolecular Hbond substituents is 1. The number of allylic oxidation sites excluding steroid dienone is 2. The molecule has 1 N–H and O–H groups in total. The molecule has 2 saturated heterocycles. The number of rotatable bonds is 3. The van der Waals surface area contributed by atoms with Gasteiger partial charge in [-0.2, -0.15) is 0 Å². The molecular formula is C27H23BrCl2N2O5. The first-order valence-corrected chi connectivity index (χ1v) is 14.1. The maximum atomic E-state index is 13.8. The molecule has 2 aromatic rings. The predicted octanol–water partition coefficient (Wildman–Crippen LogP) is 4.28. The Morgan fingerprint density at radius 3 is 2.43 bits per heavy atom. The summed E-state index contributed by atoms with van der Waals surface area (Å²) in [4.78, 5) is 52.3. The molecule has 0 spiro atoms. The average Bonchev–Trinajstić information content (AvgIpc) is 3.22. The number of hydrogen-bond acceptors (Lipinski definition) is 5. The van der Waals surface area contributed by atoms with Gasteiger partial charge in [0.05, 0.1) is 17.3 Å². The van der Waals surface area contributed by atoms with E-state index in [0.717, 1.165) is 10.3 Å². The Morgan fingerprint density at radius 2 is 1.73 bits per heavy atom. The molecule has 2 aromatic carbocycles. The third-order valence-electron chi connectivity index (χ3n) is 8.67. The highest BCUT2D eigenvalue weighted by Gasteiger charge is 2.76. The van der Waals surface area contributed by atoms with E-state index in [4.69, 9.17) is 23.2 Å². The van der Waals surface area contributed by atoms with Gasteiger partial charge < -0.3 is 5.11 Å². The summed E-state index contributed by atoms with van der Waals surface area (Å²) < 4.78 is 0. The fourth-order valence-electron chi connectivity index (χ4n) is 6.98. The normalized spacial score (nSPS) is 35.1. The SMILES string of the molecule is CCN1C(=O)C2CC=C3C(CC4(Cl)C(=O)N(CBr)C(=O)C4(Cl)C3c3ccc4ccccc4c3O)C2C1=O. The lowest BCUT2D eigenvalue weighted by atomic mass is 9.56. The summed E-state index contributed by atoms with van der Waals surface area (Å²) >= 11 is 17.6. The first-order chi connectivity index (χ1) is 17.6. The number of likely N-dealkylation sites (tertiary alicyclic amines) is 2. The molecule has 2 aliphatic carbocycles. The molecule has 6 unspecified atom stereocenters. The van der Waals surface area contributed by atoms with Gasteiger partial charge in [-0.3, -0.25) is 29.0 Å². The standard InChI is InChI=1S/C27H23BrCl2N2O5/c1-2-31-22(34)16-10-9-15-18(19(16)23(31)35)11-26(29)24(36)32(12-28)25(37)27(26,30)20(15)17-8-7-13-5-3-4-6-14(13)21(17)33/h3-9,16,18-20,33H,2,10-12H2,1H3. The summed E-state index contributed by atoms with van der Waals surface area (Å²) in [6, 6.07) is 10.8. The van der Waals surface area contributed by atoms with Crippen molar-refractivity contribution in [3.8, 4) is 5.75 Å². The Morgan fingerprint density at radius 1 is 1.00 bits per heavy atom. The molecule has 192 valence electrons. The number of hydrogen-bond donors (Lipinski definition) is 1. The van der Waals surface area contributed by atoms with Crippen LogP contribution < -0.4 is 0 Å². The van der Waals surface area contributed by atoms with E-state index in [1.807, 2.05) is 24.3 Å². The predicted molar refractivity (Wildman–Crippen MR) is 141 cm³/mol. The molecule has 3 fully saturated rings. The molecule has 6 rings (SSSR count). The molecule has 2 aliphatic heterocycles. The van der Waals surface area contributed by atoms with Gasteiger partial charge in [0.1, 0.15) is 5.75 Å². The van der Waals surface area contributed by atoms with Gasteiger partial charge in [0.2, 0.25) is 11.8 Å². The van der Waals surface area contributed by atoms with Crippen molar-refractivity contribution in [3.63, 3.8) is 0 Å². The molecule has 7 nitrogen and oxygen atoms in total. The zero-order chi connectivity index (χ0) is 26.4. The van der Waals surface area contributed by atoms with Gasteiger partial charge >= 0.3 is 0 Å². The van der Waals surface area contributed by atoms with Crippen LogP contribution in [0.1, 0.15) is 31.2 Å². The maximum Gasteiger partial charge on any atom is 0.254 e. The smallest absolute Gasteiger partial charge is 0.254 e. The van der Waals surface area contributed by atoms with Gasteiger partial charge in [-0.15, -0.1) is 23.2 Å². The Hall–Kier alpha value is -2.42. The van der Waals surface area contributed by atoms with Gasteiger partial charge in [-0.25, -0.2) is 0 Å². The zero-order valence-corrected chi connectivity index (χ0v) is 22.9. The van der Waals surface area contributed by atoms with E-state index in [9.17, 15) is 24.3 Å². The van der Waals surface area contributed by atoms with Crippen LogP contribution >= 0.6 is 39.1 Å². The maximum absolute atomic E-state index is 13.8. The Bertz CT molecular complexity index is 1450. The monoisotopic (exact) mass is 604 g/mol. The van der Waals surface area contributed by atoms with E-state index >= 15 is 0 Å². The van der Waals surface area contributed by atoms with Crippen molar-refractivity contribution in [3.05, 3.63) is 53.6 Å². The number of halogens is 3. The van der Waals surface area contributed by atoms with Crippen LogP contribution in [0.2, 0.25) is 0 Å². The molecule has 0 radical (unpaired) electrons. The van der Waals surface area contributed by atoms with Crippen LogP contribution in [0.3, 0.4) is 0 Å². The van der Waals surface area contributed by atoms with Gasteiger partial charge in [0.15, 0.2) is 9.75 Å². The average molecular weight is 606 g/mol. The number of benzene rings is 2. The third kappa shape index (κ3) is 2.95. The van der Waals surface area contributed by atoms with E-state index < -0.39 is 45.2 Å². The van der Waals surface area contributed by atoms with Crippen molar-refractivity contribution in [1.29, 1.82) is 0 Å². The molecule has 10 heteroatoms. The quantitative estimate of drug-likeness (QED) is 0.244. The second-order valence-electron chi connectivity index (χ2n) is 10.1. The molecule has 1 saturated carbocycles. The minimum atomic E-state index is -1.94. The largest absolute Gasteiger partial charge is 0.507 e. The second-order valence-corrected chi connectivity index (χ2v) is 11.9. The summed E-state index contributed by atoms with van der Waals surface area (Å²) in [6.07, 6.45) is 2.10. The lowest BCUT2D eigenvalue weighted by Crippen LogP contribution is -2.60. The van der Waals surface area contributed by atoms with E-state index in [1.54, 1.807) is 25.1 Å². The van der Waals surface area contributed by atoms with Crippen LogP contribution in [0, 0.1) is 17.8 Å². The molecule has 2 heterocycles. The molecule has 4 aliphatic rings. The Kier molecular flexibility index (Phi) is 5.58. The molecule has 4 amide bonds. The molecule has 37 heavy (non-hydrogen) atoms. The number of amides is 4. The van der Waals surface area contributed by atoms with Crippen molar-refractivity contribution < 1.29 is 24.3 Å². The lowest BCUT2D eigenvalue weighted by molar-refractivity contribution is -0.141. The lowest BCUT2D eigenvalue weighted by Gasteiger charge is -2.50. The highest BCUT2D eigenvalue weighted by atomic mass is 79.9. The number of aromatic hydroxyl groups is 1. The molecule has 0 aromatic heterocycles. The van der Waals surface area contributed by atoms with Crippen LogP contribution in [-0.4, -0.2) is 60.3 Å². The first-order valence-electron chi connectivity index (χ1n) is 12.2. The number of imide groups is 2. The molecule has 6 atom stereocenters. The van der Waals surface area contributed by atoms with Crippen LogP contribution in [0.5, 0.6) is 5.75 Å². The van der Waals surface area contributed by atoms with Crippen LogP contribution in [0.25, 0.3) is 10.8 Å². The first kappa shape index (κ1) is 24.9.